The van der Waals surface area contributed by atoms with Crippen molar-refractivity contribution >= 4 is 28.5 Å². The normalized spacial score (nSPS) is 10.9. The SMILES string of the molecule is O=C(OCc1nc(-c2cccc(Cl)c2)no1)c1cc2ccccc2o1. The van der Waals surface area contributed by atoms with Crippen molar-refractivity contribution in [2.24, 2.45) is 0 Å². The largest absolute Gasteiger partial charge is 0.450 e. The zero-order chi connectivity index (χ0) is 17.2. The molecule has 0 aliphatic heterocycles. The summed E-state index contributed by atoms with van der Waals surface area (Å²) in [4.78, 5) is 16.3. The van der Waals surface area contributed by atoms with Crippen molar-refractivity contribution in [3.05, 3.63) is 71.3 Å². The number of hydrogen-bond acceptors (Lipinski definition) is 6. The zero-order valence-electron chi connectivity index (χ0n) is 12.8. The quantitative estimate of drug-likeness (QED) is 0.502. The maximum Gasteiger partial charge on any atom is 0.374 e. The first-order valence-electron chi connectivity index (χ1n) is 7.43. The van der Waals surface area contributed by atoms with E-state index in [9.17, 15) is 4.79 Å². The first-order valence-corrected chi connectivity index (χ1v) is 7.81. The van der Waals surface area contributed by atoms with Crippen molar-refractivity contribution in [1.29, 1.82) is 0 Å². The lowest BCUT2D eigenvalue weighted by molar-refractivity contribution is 0.0396. The number of hydrogen-bond donors (Lipinski definition) is 0. The molecule has 0 unspecified atom stereocenters. The van der Waals surface area contributed by atoms with Crippen molar-refractivity contribution in [3.63, 3.8) is 0 Å². The van der Waals surface area contributed by atoms with E-state index in [2.05, 4.69) is 10.1 Å². The van der Waals surface area contributed by atoms with Crippen LogP contribution < -0.4 is 0 Å². The highest BCUT2D eigenvalue weighted by atomic mass is 35.5. The number of halogens is 1. The summed E-state index contributed by atoms with van der Waals surface area (Å²) in [5, 5.41) is 5.25. The Kier molecular flexibility index (Phi) is 3.95. The Bertz CT molecular complexity index is 1020. The highest BCUT2D eigenvalue weighted by molar-refractivity contribution is 6.30. The van der Waals surface area contributed by atoms with Gasteiger partial charge in [0.1, 0.15) is 5.58 Å². The van der Waals surface area contributed by atoms with Crippen LogP contribution in [0.5, 0.6) is 0 Å². The van der Waals surface area contributed by atoms with Gasteiger partial charge in [-0.25, -0.2) is 4.79 Å². The molecule has 0 spiro atoms. The van der Waals surface area contributed by atoms with Crippen LogP contribution in [0.15, 0.2) is 63.5 Å². The van der Waals surface area contributed by atoms with Crippen LogP contribution in [-0.2, 0) is 11.3 Å². The lowest BCUT2D eigenvalue weighted by Crippen LogP contribution is -2.04. The molecular weight excluding hydrogens is 344 g/mol. The number of furan rings is 1. The Morgan fingerprint density at radius 2 is 2.00 bits per heavy atom. The first kappa shape index (κ1) is 15.4. The summed E-state index contributed by atoms with van der Waals surface area (Å²) < 4.78 is 15.7. The average Bonchev–Trinajstić information content (AvgIpc) is 3.26. The van der Waals surface area contributed by atoms with E-state index in [1.54, 1.807) is 36.4 Å². The van der Waals surface area contributed by atoms with Gasteiger partial charge in [0.2, 0.25) is 11.6 Å². The lowest BCUT2D eigenvalue weighted by atomic mass is 10.2. The minimum atomic E-state index is -0.598. The number of carbonyl (C=O) groups excluding carboxylic acids is 1. The smallest absolute Gasteiger partial charge is 0.374 e. The van der Waals surface area contributed by atoms with Crippen molar-refractivity contribution in [2.75, 3.05) is 0 Å². The van der Waals surface area contributed by atoms with Crippen molar-refractivity contribution in [3.8, 4) is 11.4 Å². The highest BCUT2D eigenvalue weighted by Crippen LogP contribution is 2.21. The molecule has 0 radical (unpaired) electrons. The second kappa shape index (κ2) is 6.41. The summed E-state index contributed by atoms with van der Waals surface area (Å²) in [7, 11) is 0. The molecule has 0 saturated carbocycles. The molecule has 7 heteroatoms. The summed E-state index contributed by atoms with van der Waals surface area (Å²) in [6.07, 6.45) is 0. The van der Waals surface area contributed by atoms with Crippen LogP contribution in [0, 0.1) is 0 Å². The van der Waals surface area contributed by atoms with Crippen LogP contribution in [0.4, 0.5) is 0 Å². The Hall–Kier alpha value is -3.12. The third-order valence-corrected chi connectivity index (χ3v) is 3.74. The van der Waals surface area contributed by atoms with Gasteiger partial charge < -0.3 is 13.7 Å². The molecule has 0 N–H and O–H groups in total. The minimum Gasteiger partial charge on any atom is -0.450 e. The second-order valence-electron chi connectivity index (χ2n) is 5.25. The topological polar surface area (TPSA) is 78.4 Å². The van der Waals surface area contributed by atoms with Crippen molar-refractivity contribution < 1.29 is 18.5 Å². The minimum absolute atomic E-state index is 0.121. The average molecular weight is 355 g/mol. The van der Waals surface area contributed by atoms with E-state index in [1.807, 2.05) is 18.2 Å². The molecule has 0 aliphatic carbocycles. The second-order valence-corrected chi connectivity index (χ2v) is 5.68. The number of para-hydroxylation sites is 1. The fourth-order valence-corrected chi connectivity index (χ4v) is 2.53. The Morgan fingerprint density at radius 3 is 2.84 bits per heavy atom. The molecule has 0 saturated heterocycles. The molecule has 0 atom stereocenters. The fraction of sp³-hybridized carbons (Fsp3) is 0.0556. The van der Waals surface area contributed by atoms with E-state index in [0.717, 1.165) is 5.39 Å². The molecule has 25 heavy (non-hydrogen) atoms. The molecule has 0 amide bonds. The molecule has 2 aromatic heterocycles. The predicted octanol–water partition coefficient (Wildman–Crippen LogP) is 4.49. The monoisotopic (exact) mass is 354 g/mol. The Balaban J connectivity index is 1.45. The van der Waals surface area contributed by atoms with Crippen molar-refractivity contribution in [1.82, 2.24) is 10.1 Å². The third kappa shape index (κ3) is 3.25. The number of benzene rings is 2. The van der Waals surface area contributed by atoms with Gasteiger partial charge >= 0.3 is 5.97 Å². The fourth-order valence-electron chi connectivity index (χ4n) is 2.34. The summed E-state index contributed by atoms with van der Waals surface area (Å²) in [6.45, 7) is -0.149. The van der Waals surface area contributed by atoms with Gasteiger partial charge in [-0.15, -0.1) is 0 Å². The number of carbonyl (C=O) groups is 1. The van der Waals surface area contributed by atoms with Crippen LogP contribution in [0.3, 0.4) is 0 Å². The van der Waals surface area contributed by atoms with E-state index in [4.69, 9.17) is 25.3 Å². The molecule has 4 rings (SSSR count). The van der Waals surface area contributed by atoms with E-state index >= 15 is 0 Å². The Labute approximate surface area is 147 Å². The van der Waals surface area contributed by atoms with Gasteiger partial charge in [-0.05, 0) is 24.3 Å². The molecule has 0 bridgehead atoms. The van der Waals surface area contributed by atoms with Gasteiger partial charge in [0.25, 0.3) is 5.89 Å². The summed E-state index contributed by atoms with van der Waals surface area (Å²) in [5.74, 6) is 0.0752. The standard InChI is InChI=1S/C18H11ClN2O4/c19-13-6-3-5-12(8-13)17-20-16(25-21-17)10-23-18(22)15-9-11-4-1-2-7-14(11)24-15/h1-9H,10H2. The molecule has 0 aliphatic rings. The summed E-state index contributed by atoms with van der Waals surface area (Å²) in [5.41, 5.74) is 1.33. The van der Waals surface area contributed by atoms with Crippen LogP contribution in [0.1, 0.15) is 16.4 Å². The molecule has 0 fully saturated rings. The summed E-state index contributed by atoms with van der Waals surface area (Å²) in [6, 6.07) is 16.0. The van der Waals surface area contributed by atoms with Gasteiger partial charge in [0, 0.05) is 16.0 Å². The summed E-state index contributed by atoms with van der Waals surface area (Å²) >= 11 is 5.94. The van der Waals surface area contributed by atoms with Crippen molar-refractivity contribution in [2.45, 2.75) is 6.61 Å². The number of aromatic nitrogens is 2. The van der Waals surface area contributed by atoms with Crippen LogP contribution >= 0.6 is 11.6 Å². The maximum absolute atomic E-state index is 12.1. The maximum atomic E-state index is 12.1. The van der Waals surface area contributed by atoms with E-state index in [0.29, 0.717) is 22.0 Å². The highest BCUT2D eigenvalue weighted by Gasteiger charge is 2.16. The van der Waals surface area contributed by atoms with Crippen LogP contribution in [0.25, 0.3) is 22.4 Å². The van der Waals surface area contributed by atoms with E-state index in [-0.39, 0.29) is 18.3 Å². The van der Waals surface area contributed by atoms with Gasteiger partial charge in [-0.2, -0.15) is 4.98 Å². The van der Waals surface area contributed by atoms with Gasteiger partial charge in [0.05, 0.1) is 0 Å². The molecule has 6 nitrogen and oxygen atoms in total. The van der Waals surface area contributed by atoms with E-state index < -0.39 is 5.97 Å². The van der Waals surface area contributed by atoms with Crippen LogP contribution in [-0.4, -0.2) is 16.1 Å². The lowest BCUT2D eigenvalue weighted by Gasteiger charge is -1.97. The molecular formula is C18H11ClN2O4. The predicted molar refractivity (Wildman–Crippen MR) is 90.1 cm³/mol. The number of fused-ring (bicyclic) bond motifs is 1. The van der Waals surface area contributed by atoms with Gasteiger partial charge in [0.15, 0.2) is 6.61 Å². The van der Waals surface area contributed by atoms with E-state index in [1.165, 1.54) is 0 Å². The Morgan fingerprint density at radius 1 is 1.12 bits per heavy atom. The number of esters is 1. The number of ether oxygens (including phenoxy) is 1. The number of rotatable bonds is 4. The third-order valence-electron chi connectivity index (χ3n) is 3.50. The van der Waals surface area contributed by atoms with Crippen LogP contribution in [0.2, 0.25) is 5.02 Å². The molecule has 2 heterocycles. The van der Waals surface area contributed by atoms with Gasteiger partial charge in [-0.1, -0.05) is 47.1 Å². The first-order chi connectivity index (χ1) is 12.2. The van der Waals surface area contributed by atoms with Gasteiger partial charge in [-0.3, -0.25) is 0 Å². The molecule has 2 aromatic carbocycles. The molecule has 124 valence electrons. The molecule has 4 aromatic rings. The zero-order valence-corrected chi connectivity index (χ0v) is 13.6. The number of nitrogens with zero attached hydrogens (tertiary/aromatic N) is 2.